The average Bonchev–Trinajstić information content (AvgIpc) is 3.10. The first-order chi connectivity index (χ1) is 15.5. The number of unbranched alkanes of at least 4 members (excludes halogenated alkanes) is 1. The van der Waals surface area contributed by atoms with Crippen molar-refractivity contribution in [3.8, 4) is 5.75 Å². The van der Waals surface area contributed by atoms with E-state index in [2.05, 4.69) is 32.7 Å². The van der Waals surface area contributed by atoms with Crippen molar-refractivity contribution in [1.82, 2.24) is 9.55 Å². The number of nitrogens with zero attached hydrogens (tertiary/aromatic N) is 2. The maximum Gasteiger partial charge on any atom is 0.344 e. The minimum absolute atomic E-state index is 0.00966. The fourth-order valence-corrected chi connectivity index (χ4v) is 3.93. The molecule has 0 aliphatic heterocycles. The van der Waals surface area contributed by atoms with Crippen molar-refractivity contribution in [2.45, 2.75) is 64.0 Å². The fourth-order valence-electron chi connectivity index (χ4n) is 3.39. The van der Waals surface area contributed by atoms with Gasteiger partial charge in [0.2, 0.25) is 10.0 Å². The van der Waals surface area contributed by atoms with Gasteiger partial charge in [-0.05, 0) is 47.7 Å². The van der Waals surface area contributed by atoms with Gasteiger partial charge in [0.25, 0.3) is 0 Å². The van der Waals surface area contributed by atoms with Crippen LogP contribution in [0.1, 0.15) is 51.9 Å². The van der Waals surface area contributed by atoms with Crippen LogP contribution in [0.15, 0.2) is 47.4 Å². The monoisotopic (exact) mass is 473 g/mol. The SMILES string of the molecule is CCCCn1c(COC(=O)COc2ccc(C(C)(C)C)cc2)nc2cc(S(N)(=O)=O)ccc21. The summed E-state index contributed by atoms with van der Waals surface area (Å²) in [7, 11) is -3.84. The highest BCUT2D eigenvalue weighted by Gasteiger charge is 2.17. The molecule has 3 rings (SSSR count). The van der Waals surface area contributed by atoms with Gasteiger partial charge >= 0.3 is 5.97 Å². The van der Waals surface area contributed by atoms with Gasteiger partial charge in [0.05, 0.1) is 15.9 Å². The van der Waals surface area contributed by atoms with E-state index in [4.69, 9.17) is 14.6 Å². The second-order valence-electron chi connectivity index (χ2n) is 8.95. The van der Waals surface area contributed by atoms with E-state index in [1.54, 1.807) is 6.07 Å². The van der Waals surface area contributed by atoms with E-state index in [9.17, 15) is 13.2 Å². The first-order valence-corrected chi connectivity index (χ1v) is 12.4. The Bertz CT molecular complexity index is 1230. The number of imidazole rings is 1. The molecular weight excluding hydrogens is 442 g/mol. The molecule has 33 heavy (non-hydrogen) atoms. The van der Waals surface area contributed by atoms with E-state index >= 15 is 0 Å². The molecule has 0 radical (unpaired) electrons. The molecule has 3 aromatic rings. The molecule has 2 aromatic carbocycles. The van der Waals surface area contributed by atoms with Crippen LogP contribution in [0.2, 0.25) is 0 Å². The minimum atomic E-state index is -3.84. The summed E-state index contributed by atoms with van der Waals surface area (Å²) in [6.45, 7) is 8.86. The molecule has 1 aromatic heterocycles. The number of carbonyl (C=O) groups is 1. The molecule has 0 saturated heterocycles. The molecule has 2 N–H and O–H groups in total. The predicted octanol–water partition coefficient (Wildman–Crippen LogP) is 3.90. The summed E-state index contributed by atoms with van der Waals surface area (Å²) < 4.78 is 36.2. The van der Waals surface area contributed by atoms with Crippen LogP contribution in [0, 0.1) is 0 Å². The molecule has 9 heteroatoms. The summed E-state index contributed by atoms with van der Waals surface area (Å²) in [6.07, 6.45) is 1.87. The molecule has 0 aliphatic carbocycles. The lowest BCUT2D eigenvalue weighted by molar-refractivity contribution is -0.147. The van der Waals surface area contributed by atoms with Crippen molar-refractivity contribution < 1.29 is 22.7 Å². The summed E-state index contributed by atoms with van der Waals surface area (Å²) in [5, 5.41) is 5.24. The Hall–Kier alpha value is -2.91. The number of esters is 1. The van der Waals surface area contributed by atoms with Crippen molar-refractivity contribution in [2.24, 2.45) is 5.14 Å². The number of nitrogens with two attached hydrogens (primary N) is 1. The number of carbonyl (C=O) groups excluding carboxylic acids is 1. The molecule has 0 amide bonds. The van der Waals surface area contributed by atoms with Crippen LogP contribution in [0.3, 0.4) is 0 Å². The third-order valence-electron chi connectivity index (χ3n) is 5.30. The number of benzene rings is 2. The number of hydrogen-bond acceptors (Lipinski definition) is 6. The summed E-state index contributed by atoms with van der Waals surface area (Å²) in [6, 6.07) is 12.2. The third-order valence-corrected chi connectivity index (χ3v) is 6.21. The Balaban J connectivity index is 1.68. The van der Waals surface area contributed by atoms with Crippen molar-refractivity contribution in [3.05, 3.63) is 53.9 Å². The minimum Gasteiger partial charge on any atom is -0.482 e. The largest absolute Gasteiger partial charge is 0.482 e. The number of aromatic nitrogens is 2. The number of fused-ring (bicyclic) bond motifs is 1. The molecule has 1 heterocycles. The molecular formula is C24H31N3O5S. The number of sulfonamides is 1. The molecule has 0 unspecified atom stereocenters. The molecule has 0 spiro atoms. The summed E-state index contributed by atoms with van der Waals surface area (Å²) >= 11 is 0. The number of aryl methyl sites for hydroxylation is 1. The van der Waals surface area contributed by atoms with Crippen molar-refractivity contribution in [3.63, 3.8) is 0 Å². The normalized spacial score (nSPS) is 12.2. The maximum absolute atomic E-state index is 12.3. The van der Waals surface area contributed by atoms with Gasteiger partial charge < -0.3 is 14.0 Å². The van der Waals surface area contributed by atoms with E-state index in [1.165, 1.54) is 17.7 Å². The topological polar surface area (TPSA) is 114 Å². The highest BCUT2D eigenvalue weighted by atomic mass is 32.2. The van der Waals surface area contributed by atoms with Crippen molar-refractivity contribution in [2.75, 3.05) is 6.61 Å². The Morgan fingerprint density at radius 3 is 2.42 bits per heavy atom. The van der Waals surface area contributed by atoms with Gasteiger partial charge in [-0.1, -0.05) is 46.2 Å². The molecule has 0 atom stereocenters. The molecule has 178 valence electrons. The first kappa shape index (κ1) is 24.7. The van der Waals surface area contributed by atoms with E-state index in [0.29, 0.717) is 23.6 Å². The van der Waals surface area contributed by atoms with Crippen LogP contribution in [-0.4, -0.2) is 30.5 Å². The predicted molar refractivity (Wildman–Crippen MR) is 126 cm³/mol. The molecule has 0 bridgehead atoms. The zero-order valence-corrected chi connectivity index (χ0v) is 20.3. The molecule has 8 nitrogen and oxygen atoms in total. The quantitative estimate of drug-likeness (QED) is 0.472. The zero-order valence-electron chi connectivity index (χ0n) is 19.5. The van der Waals surface area contributed by atoms with Crippen LogP contribution in [0.4, 0.5) is 0 Å². The third kappa shape index (κ3) is 6.33. The van der Waals surface area contributed by atoms with E-state index in [1.807, 2.05) is 28.8 Å². The van der Waals surface area contributed by atoms with E-state index in [-0.39, 0.29) is 23.5 Å². The Kier molecular flexibility index (Phi) is 7.44. The second kappa shape index (κ2) is 9.93. The maximum atomic E-state index is 12.3. The van der Waals surface area contributed by atoms with Gasteiger partial charge in [0.15, 0.2) is 6.61 Å². The lowest BCUT2D eigenvalue weighted by Gasteiger charge is -2.19. The summed E-state index contributed by atoms with van der Waals surface area (Å²) in [4.78, 5) is 16.7. The number of primary sulfonamides is 1. The molecule has 0 saturated carbocycles. The van der Waals surface area contributed by atoms with E-state index in [0.717, 1.165) is 18.4 Å². The van der Waals surface area contributed by atoms with Crippen LogP contribution in [-0.2, 0) is 38.1 Å². The van der Waals surface area contributed by atoms with Gasteiger partial charge in [-0.25, -0.2) is 23.3 Å². The highest BCUT2D eigenvalue weighted by Crippen LogP contribution is 2.24. The fraction of sp³-hybridized carbons (Fsp3) is 0.417. The Morgan fingerprint density at radius 2 is 1.82 bits per heavy atom. The van der Waals surface area contributed by atoms with Crippen LogP contribution >= 0.6 is 0 Å². The lowest BCUT2D eigenvalue weighted by atomic mass is 9.87. The van der Waals surface area contributed by atoms with Gasteiger partial charge in [0.1, 0.15) is 18.2 Å². The number of rotatable bonds is 9. The number of hydrogen-bond donors (Lipinski definition) is 1. The lowest BCUT2D eigenvalue weighted by Crippen LogP contribution is -2.16. The standard InChI is InChI=1S/C24H31N3O5S/c1-5-6-13-27-21-12-11-19(33(25,29)30)14-20(21)26-22(27)15-32-23(28)16-31-18-9-7-17(8-10-18)24(2,3)4/h7-12,14H,5-6,13,15-16H2,1-4H3,(H2,25,29,30). The van der Waals surface area contributed by atoms with Crippen LogP contribution in [0.5, 0.6) is 5.75 Å². The van der Waals surface area contributed by atoms with E-state index < -0.39 is 16.0 Å². The van der Waals surface area contributed by atoms with Crippen LogP contribution < -0.4 is 9.88 Å². The zero-order chi connectivity index (χ0) is 24.2. The van der Waals surface area contributed by atoms with Gasteiger partial charge in [-0.15, -0.1) is 0 Å². The number of ether oxygens (including phenoxy) is 2. The summed E-state index contributed by atoms with van der Waals surface area (Å²) in [5.41, 5.74) is 2.46. The van der Waals surface area contributed by atoms with Crippen LogP contribution in [0.25, 0.3) is 11.0 Å². The average molecular weight is 474 g/mol. The smallest absolute Gasteiger partial charge is 0.344 e. The van der Waals surface area contributed by atoms with Crippen molar-refractivity contribution >= 4 is 27.0 Å². The second-order valence-corrected chi connectivity index (χ2v) is 10.5. The first-order valence-electron chi connectivity index (χ1n) is 10.9. The Labute approximate surface area is 194 Å². The Morgan fingerprint density at radius 1 is 1.12 bits per heavy atom. The summed E-state index contributed by atoms with van der Waals surface area (Å²) in [5.74, 6) is 0.604. The van der Waals surface area contributed by atoms with Gasteiger partial charge in [-0.2, -0.15) is 0 Å². The molecule has 0 aliphatic rings. The van der Waals surface area contributed by atoms with Crippen molar-refractivity contribution in [1.29, 1.82) is 0 Å². The van der Waals surface area contributed by atoms with Gasteiger partial charge in [-0.3, -0.25) is 0 Å². The molecule has 0 fully saturated rings. The highest BCUT2D eigenvalue weighted by molar-refractivity contribution is 7.89. The van der Waals surface area contributed by atoms with Gasteiger partial charge in [0, 0.05) is 6.54 Å².